The molecule has 0 aromatic carbocycles. The third-order valence-electron chi connectivity index (χ3n) is 5.00. The van der Waals surface area contributed by atoms with E-state index in [2.05, 4.69) is 10.2 Å². The van der Waals surface area contributed by atoms with Crippen LogP contribution in [-0.2, 0) is 14.6 Å². The van der Waals surface area contributed by atoms with E-state index in [4.69, 9.17) is 0 Å². The number of hydrogen-bond acceptors (Lipinski definition) is 7. The standard InChI is InChI=1S/C16H23N5O4S/c1-12(22)20-6-8-21(9-7-20)16(23)14-3-4-15(18-17-14)19(2)13-5-10-26(24,25)11-13/h3-4,13H,5-11H2,1-2H3. The highest BCUT2D eigenvalue weighted by molar-refractivity contribution is 7.91. The molecule has 2 aliphatic heterocycles. The number of nitrogens with zero attached hydrogens (tertiary/aromatic N) is 5. The molecule has 0 N–H and O–H groups in total. The van der Waals surface area contributed by atoms with Crippen LogP contribution in [0.1, 0.15) is 23.8 Å². The van der Waals surface area contributed by atoms with E-state index in [0.717, 1.165) is 0 Å². The molecular formula is C16H23N5O4S. The lowest BCUT2D eigenvalue weighted by Gasteiger charge is -2.34. The van der Waals surface area contributed by atoms with Crippen LogP contribution in [0, 0.1) is 0 Å². The first kappa shape index (κ1) is 18.6. The first-order valence-corrected chi connectivity index (χ1v) is 10.4. The van der Waals surface area contributed by atoms with Crippen molar-refractivity contribution in [2.45, 2.75) is 19.4 Å². The van der Waals surface area contributed by atoms with Crippen LogP contribution in [-0.4, -0.2) is 91.0 Å². The molecule has 1 aromatic rings. The van der Waals surface area contributed by atoms with Gasteiger partial charge in [0.1, 0.15) is 0 Å². The molecule has 1 atom stereocenters. The fourth-order valence-corrected chi connectivity index (χ4v) is 5.06. The lowest BCUT2D eigenvalue weighted by atomic mass is 10.2. The molecule has 1 unspecified atom stereocenters. The Kier molecular flexibility index (Phi) is 5.12. The van der Waals surface area contributed by atoms with Crippen molar-refractivity contribution in [3.05, 3.63) is 17.8 Å². The Morgan fingerprint density at radius 3 is 2.27 bits per heavy atom. The molecule has 0 saturated carbocycles. The minimum atomic E-state index is -2.97. The lowest BCUT2D eigenvalue weighted by molar-refractivity contribution is -0.130. The van der Waals surface area contributed by atoms with E-state index in [9.17, 15) is 18.0 Å². The molecule has 0 bridgehead atoms. The first-order chi connectivity index (χ1) is 12.3. The quantitative estimate of drug-likeness (QED) is 0.689. The monoisotopic (exact) mass is 381 g/mol. The maximum Gasteiger partial charge on any atom is 0.274 e. The normalized spacial score (nSPS) is 22.3. The molecule has 3 rings (SSSR count). The number of hydrogen-bond donors (Lipinski definition) is 0. The SMILES string of the molecule is CC(=O)N1CCN(C(=O)c2ccc(N(C)C3CCS(=O)(=O)C3)nn2)CC1. The molecule has 142 valence electrons. The van der Waals surface area contributed by atoms with Crippen LogP contribution in [0.2, 0.25) is 0 Å². The molecule has 0 radical (unpaired) electrons. The van der Waals surface area contributed by atoms with Crippen molar-refractivity contribution in [1.82, 2.24) is 20.0 Å². The summed E-state index contributed by atoms with van der Waals surface area (Å²) in [6.45, 7) is 3.51. The molecule has 9 nitrogen and oxygen atoms in total. The van der Waals surface area contributed by atoms with Gasteiger partial charge in [0, 0.05) is 46.2 Å². The van der Waals surface area contributed by atoms with Crippen molar-refractivity contribution in [3.63, 3.8) is 0 Å². The van der Waals surface area contributed by atoms with Gasteiger partial charge in [0.25, 0.3) is 5.91 Å². The van der Waals surface area contributed by atoms with Gasteiger partial charge in [-0.25, -0.2) is 8.42 Å². The summed E-state index contributed by atoms with van der Waals surface area (Å²) >= 11 is 0. The molecule has 2 saturated heterocycles. The number of anilines is 1. The Bertz CT molecular complexity index is 787. The van der Waals surface area contributed by atoms with E-state index in [0.29, 0.717) is 38.4 Å². The van der Waals surface area contributed by atoms with Crippen LogP contribution in [0.25, 0.3) is 0 Å². The van der Waals surface area contributed by atoms with Gasteiger partial charge in [-0.2, -0.15) is 0 Å². The van der Waals surface area contributed by atoms with Gasteiger partial charge in [0.15, 0.2) is 21.3 Å². The second-order valence-electron chi connectivity index (χ2n) is 6.74. The summed E-state index contributed by atoms with van der Waals surface area (Å²) in [5.41, 5.74) is 0.248. The van der Waals surface area contributed by atoms with Crippen LogP contribution in [0.4, 0.5) is 5.82 Å². The van der Waals surface area contributed by atoms with Crippen molar-refractivity contribution >= 4 is 27.5 Å². The smallest absolute Gasteiger partial charge is 0.274 e. The summed E-state index contributed by atoms with van der Waals surface area (Å²) in [6.07, 6.45) is 0.571. The van der Waals surface area contributed by atoms with E-state index in [1.165, 1.54) is 6.92 Å². The molecule has 26 heavy (non-hydrogen) atoms. The maximum atomic E-state index is 12.5. The molecule has 10 heteroatoms. The maximum absolute atomic E-state index is 12.5. The zero-order chi connectivity index (χ0) is 18.9. The van der Waals surface area contributed by atoms with Crippen LogP contribution in [0.5, 0.6) is 0 Å². The molecule has 3 heterocycles. The Labute approximate surface area is 152 Å². The Hall–Kier alpha value is -2.23. The van der Waals surface area contributed by atoms with E-state index >= 15 is 0 Å². The molecular weight excluding hydrogens is 358 g/mol. The van der Waals surface area contributed by atoms with Crippen molar-refractivity contribution in [2.75, 3.05) is 49.6 Å². The summed E-state index contributed by atoms with van der Waals surface area (Å²) in [5, 5.41) is 8.12. The third-order valence-corrected chi connectivity index (χ3v) is 6.75. The average molecular weight is 381 g/mol. The fraction of sp³-hybridized carbons (Fsp3) is 0.625. The molecule has 0 spiro atoms. The molecule has 2 fully saturated rings. The van der Waals surface area contributed by atoms with Crippen LogP contribution < -0.4 is 4.90 Å². The number of amides is 2. The number of aromatic nitrogens is 2. The van der Waals surface area contributed by atoms with Gasteiger partial charge in [-0.15, -0.1) is 10.2 Å². The van der Waals surface area contributed by atoms with Crippen LogP contribution in [0.15, 0.2) is 12.1 Å². The Morgan fingerprint density at radius 1 is 1.12 bits per heavy atom. The van der Waals surface area contributed by atoms with Gasteiger partial charge in [0.05, 0.1) is 11.5 Å². The highest BCUT2D eigenvalue weighted by atomic mass is 32.2. The average Bonchev–Trinajstić information content (AvgIpc) is 3.00. The van der Waals surface area contributed by atoms with Gasteiger partial charge in [-0.3, -0.25) is 9.59 Å². The summed E-state index contributed by atoms with van der Waals surface area (Å²) < 4.78 is 23.2. The third kappa shape index (κ3) is 3.95. The van der Waals surface area contributed by atoms with E-state index in [1.54, 1.807) is 33.9 Å². The lowest BCUT2D eigenvalue weighted by Crippen LogP contribution is -2.50. The largest absolute Gasteiger partial charge is 0.354 e. The summed E-state index contributed by atoms with van der Waals surface area (Å²) in [4.78, 5) is 29.1. The summed E-state index contributed by atoms with van der Waals surface area (Å²) in [5.74, 6) is 0.659. The molecule has 2 aliphatic rings. The topological polar surface area (TPSA) is 104 Å². The minimum Gasteiger partial charge on any atom is -0.354 e. The number of piperazine rings is 1. The Morgan fingerprint density at radius 2 is 1.77 bits per heavy atom. The van der Waals surface area contributed by atoms with Gasteiger partial charge in [-0.1, -0.05) is 0 Å². The van der Waals surface area contributed by atoms with Crippen LogP contribution in [0.3, 0.4) is 0 Å². The fourth-order valence-electron chi connectivity index (χ4n) is 3.28. The number of carbonyl (C=O) groups is 2. The van der Waals surface area contributed by atoms with Gasteiger partial charge in [0.2, 0.25) is 5.91 Å². The van der Waals surface area contributed by atoms with Gasteiger partial charge >= 0.3 is 0 Å². The highest BCUT2D eigenvalue weighted by Crippen LogP contribution is 2.21. The van der Waals surface area contributed by atoms with E-state index in [1.807, 2.05) is 0 Å². The van der Waals surface area contributed by atoms with Crippen molar-refractivity contribution < 1.29 is 18.0 Å². The predicted molar refractivity (Wildman–Crippen MR) is 95.7 cm³/mol. The molecule has 1 aromatic heterocycles. The predicted octanol–water partition coefficient (Wildman–Crippen LogP) is -0.596. The van der Waals surface area contributed by atoms with Crippen molar-refractivity contribution in [1.29, 1.82) is 0 Å². The summed E-state index contributed by atoms with van der Waals surface area (Å²) in [6, 6.07) is 3.19. The van der Waals surface area contributed by atoms with Crippen molar-refractivity contribution in [2.24, 2.45) is 0 Å². The summed E-state index contributed by atoms with van der Waals surface area (Å²) in [7, 11) is -1.18. The molecule has 2 amide bonds. The number of rotatable bonds is 3. The van der Waals surface area contributed by atoms with E-state index < -0.39 is 9.84 Å². The zero-order valence-electron chi connectivity index (χ0n) is 15.0. The highest BCUT2D eigenvalue weighted by Gasteiger charge is 2.31. The zero-order valence-corrected chi connectivity index (χ0v) is 15.8. The first-order valence-electron chi connectivity index (χ1n) is 8.58. The second-order valence-corrected chi connectivity index (χ2v) is 8.97. The van der Waals surface area contributed by atoms with Crippen molar-refractivity contribution in [3.8, 4) is 0 Å². The minimum absolute atomic E-state index is 0.0122. The van der Waals surface area contributed by atoms with Crippen LogP contribution >= 0.6 is 0 Å². The molecule has 0 aliphatic carbocycles. The van der Waals surface area contributed by atoms with E-state index in [-0.39, 0.29) is 35.1 Å². The number of carbonyl (C=O) groups excluding carboxylic acids is 2. The second kappa shape index (κ2) is 7.18. The van der Waals surface area contributed by atoms with Gasteiger partial charge in [-0.05, 0) is 18.6 Å². The number of sulfone groups is 1. The van der Waals surface area contributed by atoms with Gasteiger partial charge < -0.3 is 14.7 Å². The Balaban J connectivity index is 1.62.